The number of rotatable bonds is 6. The number of benzene rings is 2. The van der Waals surface area contributed by atoms with Gasteiger partial charge in [0.05, 0.1) is 12.1 Å². The number of esters is 1. The van der Waals surface area contributed by atoms with Crippen LogP contribution in [0.3, 0.4) is 0 Å². The Morgan fingerprint density at radius 2 is 2.00 bits per heavy atom. The highest BCUT2D eigenvalue weighted by atomic mass is 16.7. The van der Waals surface area contributed by atoms with Crippen molar-refractivity contribution in [2.45, 2.75) is 38.4 Å². The maximum Gasteiger partial charge on any atom is 0.352 e. The van der Waals surface area contributed by atoms with Crippen molar-refractivity contribution < 1.29 is 19.0 Å². The first-order valence-corrected chi connectivity index (χ1v) is 11.5. The third kappa shape index (κ3) is 3.60. The highest BCUT2D eigenvalue weighted by Crippen LogP contribution is 2.57. The fraction of sp³-hybridized carbons (Fsp3) is 0.250. The van der Waals surface area contributed by atoms with Crippen LogP contribution in [0.15, 0.2) is 79.1 Å². The molecule has 0 amide bonds. The maximum absolute atomic E-state index is 13.0. The molecule has 0 bridgehead atoms. The Labute approximate surface area is 198 Å². The lowest BCUT2D eigenvalue weighted by molar-refractivity contribution is -0.617. The highest BCUT2D eigenvalue weighted by Gasteiger charge is 2.70. The second kappa shape index (κ2) is 8.54. The Hall–Kier alpha value is -3.77. The molecule has 0 saturated carbocycles. The van der Waals surface area contributed by atoms with E-state index in [1.165, 1.54) is 11.8 Å². The molecule has 3 heterocycles. The standard InChI is InChI=1S/C28H26N2O4/c1-4-33-27(31)28(24-12-5-6-14-30(24)32)26(34-28)21-10-7-9-19(15-21)23-17-22(18(2)3)16-20-11-8-13-29-25(20)23/h5-18,26H,4H2,1-3H3/t26-,28?/m0/s1. The Bertz CT molecular complexity index is 1380. The van der Waals surface area contributed by atoms with E-state index in [-0.39, 0.29) is 12.3 Å². The van der Waals surface area contributed by atoms with Gasteiger partial charge in [-0.25, -0.2) is 4.79 Å². The summed E-state index contributed by atoms with van der Waals surface area (Å²) in [6.07, 6.45) is 2.53. The third-order valence-corrected chi connectivity index (χ3v) is 6.29. The molecule has 1 fully saturated rings. The lowest BCUT2D eigenvalue weighted by Crippen LogP contribution is -2.40. The summed E-state index contributed by atoms with van der Waals surface area (Å²) < 4.78 is 12.0. The molecule has 4 aromatic rings. The van der Waals surface area contributed by atoms with Crippen LogP contribution in [0, 0.1) is 5.21 Å². The van der Waals surface area contributed by atoms with Gasteiger partial charge in [-0.1, -0.05) is 38.1 Å². The zero-order valence-electron chi connectivity index (χ0n) is 19.4. The summed E-state index contributed by atoms with van der Waals surface area (Å²) in [6.45, 7) is 6.27. The lowest BCUT2D eigenvalue weighted by atomic mass is 9.91. The molecule has 1 aliphatic rings. The monoisotopic (exact) mass is 454 g/mol. The second-order valence-electron chi connectivity index (χ2n) is 8.79. The molecule has 0 radical (unpaired) electrons. The van der Waals surface area contributed by atoms with E-state index in [2.05, 4.69) is 37.0 Å². The van der Waals surface area contributed by atoms with Gasteiger partial charge in [0.15, 0.2) is 6.20 Å². The van der Waals surface area contributed by atoms with Crippen molar-refractivity contribution in [3.8, 4) is 11.1 Å². The topological polar surface area (TPSA) is 78.7 Å². The Kier molecular flexibility index (Phi) is 5.54. The number of ether oxygens (including phenoxy) is 2. The minimum atomic E-state index is -1.46. The first kappa shape index (κ1) is 22.0. The van der Waals surface area contributed by atoms with Gasteiger partial charge in [0.1, 0.15) is 6.10 Å². The van der Waals surface area contributed by atoms with Gasteiger partial charge >= 0.3 is 5.97 Å². The predicted molar refractivity (Wildman–Crippen MR) is 129 cm³/mol. The molecule has 0 N–H and O–H groups in total. The third-order valence-electron chi connectivity index (χ3n) is 6.29. The molecular formula is C28H26N2O4. The van der Waals surface area contributed by atoms with Crippen molar-refractivity contribution in [3.05, 3.63) is 101 Å². The smallest absolute Gasteiger partial charge is 0.352 e. The summed E-state index contributed by atoms with van der Waals surface area (Å²) in [6, 6.07) is 21.2. The van der Waals surface area contributed by atoms with Crippen molar-refractivity contribution in [2.24, 2.45) is 0 Å². The number of hydrogen-bond acceptors (Lipinski definition) is 5. The highest BCUT2D eigenvalue weighted by molar-refractivity contribution is 5.94. The number of carbonyl (C=O) groups excluding carboxylic acids is 1. The van der Waals surface area contributed by atoms with Crippen LogP contribution in [0.1, 0.15) is 49.6 Å². The summed E-state index contributed by atoms with van der Waals surface area (Å²) in [4.78, 5) is 17.6. The molecule has 0 spiro atoms. The van der Waals surface area contributed by atoms with E-state index in [0.717, 1.165) is 27.6 Å². The molecule has 1 unspecified atom stereocenters. The number of pyridine rings is 2. The molecule has 2 aromatic carbocycles. The lowest BCUT2D eigenvalue weighted by Gasteiger charge is -2.14. The molecule has 2 atom stereocenters. The molecule has 34 heavy (non-hydrogen) atoms. The largest absolute Gasteiger partial charge is 0.618 e. The normalized spacial score (nSPS) is 19.4. The second-order valence-corrected chi connectivity index (χ2v) is 8.79. The van der Waals surface area contributed by atoms with Crippen LogP contribution >= 0.6 is 0 Å². The zero-order valence-corrected chi connectivity index (χ0v) is 19.4. The van der Waals surface area contributed by atoms with E-state index in [1.807, 2.05) is 30.3 Å². The van der Waals surface area contributed by atoms with Crippen LogP contribution in [0.25, 0.3) is 22.0 Å². The Balaban J connectivity index is 1.61. The molecule has 1 saturated heterocycles. The Morgan fingerprint density at radius 1 is 1.15 bits per heavy atom. The van der Waals surface area contributed by atoms with Gasteiger partial charge in [-0.15, -0.1) is 0 Å². The average Bonchev–Trinajstić information content (AvgIpc) is 3.61. The quantitative estimate of drug-likeness (QED) is 0.173. The fourth-order valence-electron chi connectivity index (χ4n) is 4.50. The van der Waals surface area contributed by atoms with E-state index < -0.39 is 17.7 Å². The SMILES string of the molecule is CCOC(=O)C1(c2cccc[n+]2[O-])O[C@H]1c1cccc(-c2cc(C(C)C)cc3cccnc23)c1. The van der Waals surface area contributed by atoms with E-state index in [0.29, 0.717) is 10.6 Å². The summed E-state index contributed by atoms with van der Waals surface area (Å²) >= 11 is 0. The van der Waals surface area contributed by atoms with Crippen LogP contribution < -0.4 is 4.73 Å². The van der Waals surface area contributed by atoms with Gasteiger partial charge < -0.3 is 14.7 Å². The molecule has 2 aromatic heterocycles. The van der Waals surface area contributed by atoms with Gasteiger partial charge in [0.25, 0.3) is 5.60 Å². The van der Waals surface area contributed by atoms with Crippen molar-refractivity contribution in [1.82, 2.24) is 4.98 Å². The number of hydrogen-bond donors (Lipinski definition) is 0. The zero-order chi connectivity index (χ0) is 23.9. The van der Waals surface area contributed by atoms with Crippen LogP contribution in [0.5, 0.6) is 0 Å². The first-order chi connectivity index (χ1) is 16.5. The molecule has 6 heteroatoms. The van der Waals surface area contributed by atoms with Crippen molar-refractivity contribution in [3.63, 3.8) is 0 Å². The van der Waals surface area contributed by atoms with Crippen LogP contribution in [-0.4, -0.2) is 17.6 Å². The summed E-state index contributed by atoms with van der Waals surface area (Å²) in [5, 5.41) is 13.6. The maximum atomic E-state index is 13.0. The van der Waals surface area contributed by atoms with Gasteiger partial charge in [0.2, 0.25) is 5.69 Å². The van der Waals surface area contributed by atoms with Gasteiger partial charge in [0, 0.05) is 29.3 Å². The molecular weight excluding hydrogens is 428 g/mol. The van der Waals surface area contributed by atoms with E-state index in [1.54, 1.807) is 31.3 Å². The average molecular weight is 455 g/mol. The van der Waals surface area contributed by atoms with Crippen LogP contribution in [0.4, 0.5) is 0 Å². The van der Waals surface area contributed by atoms with Gasteiger partial charge in [-0.2, -0.15) is 4.73 Å². The van der Waals surface area contributed by atoms with E-state index >= 15 is 0 Å². The van der Waals surface area contributed by atoms with Gasteiger partial charge in [-0.3, -0.25) is 4.98 Å². The fourth-order valence-corrected chi connectivity index (χ4v) is 4.50. The van der Waals surface area contributed by atoms with E-state index in [4.69, 9.17) is 9.47 Å². The number of nitrogens with zero attached hydrogens (tertiary/aromatic N) is 2. The number of fused-ring (bicyclic) bond motifs is 1. The van der Waals surface area contributed by atoms with Crippen molar-refractivity contribution in [2.75, 3.05) is 6.61 Å². The van der Waals surface area contributed by atoms with E-state index in [9.17, 15) is 10.0 Å². The number of epoxide rings is 1. The first-order valence-electron chi connectivity index (χ1n) is 11.5. The number of aromatic nitrogens is 2. The summed E-state index contributed by atoms with van der Waals surface area (Å²) in [7, 11) is 0. The summed E-state index contributed by atoms with van der Waals surface area (Å²) in [5.74, 6) is -0.199. The molecule has 0 aliphatic carbocycles. The van der Waals surface area contributed by atoms with Crippen LogP contribution in [0.2, 0.25) is 0 Å². The van der Waals surface area contributed by atoms with Crippen molar-refractivity contribution >= 4 is 16.9 Å². The minimum absolute atomic E-state index is 0.196. The summed E-state index contributed by atoms with van der Waals surface area (Å²) in [5.41, 5.74) is 3.69. The predicted octanol–water partition coefficient (Wildman–Crippen LogP) is 5.19. The van der Waals surface area contributed by atoms with Gasteiger partial charge in [-0.05, 0) is 59.9 Å². The molecule has 6 nitrogen and oxygen atoms in total. The Morgan fingerprint density at radius 3 is 2.76 bits per heavy atom. The number of carbonyl (C=O) groups is 1. The van der Waals surface area contributed by atoms with Crippen LogP contribution in [-0.2, 0) is 19.9 Å². The molecule has 172 valence electrons. The molecule has 1 aliphatic heterocycles. The van der Waals surface area contributed by atoms with Crippen molar-refractivity contribution in [1.29, 1.82) is 0 Å². The molecule has 5 rings (SSSR count). The minimum Gasteiger partial charge on any atom is -0.618 e.